The van der Waals surface area contributed by atoms with Gasteiger partial charge in [-0.2, -0.15) is 0 Å². The van der Waals surface area contributed by atoms with Crippen LogP contribution in [0.2, 0.25) is 0 Å². The smallest absolute Gasteiger partial charge is 0.409 e. The minimum Gasteiger partial charge on any atom is -0.453 e. The molecule has 0 radical (unpaired) electrons. The summed E-state index contributed by atoms with van der Waals surface area (Å²) in [4.78, 5) is 32.5. The zero-order valence-electron chi connectivity index (χ0n) is 17.6. The Kier molecular flexibility index (Phi) is 10.3. The van der Waals surface area contributed by atoms with E-state index in [0.29, 0.717) is 19.6 Å². The Labute approximate surface area is 185 Å². The molecule has 2 aliphatic rings. The maximum Gasteiger partial charge on any atom is 0.409 e. The first-order chi connectivity index (χ1) is 12.9. The number of likely N-dealkylation sites (tertiary alicyclic amines) is 1. The number of nitrogens with one attached hydrogen (secondary N) is 2. The van der Waals surface area contributed by atoms with Crippen molar-refractivity contribution in [2.75, 3.05) is 47.4 Å². The number of guanidine groups is 1. The minimum atomic E-state index is -0.361. The zero-order valence-corrected chi connectivity index (χ0v) is 20.0. The Hall–Kier alpha value is -1.26. The van der Waals surface area contributed by atoms with Crippen molar-refractivity contribution in [3.05, 3.63) is 0 Å². The molecule has 162 valence electrons. The van der Waals surface area contributed by atoms with Crippen LogP contribution >= 0.6 is 24.0 Å². The summed E-state index contributed by atoms with van der Waals surface area (Å²) in [7, 11) is 5.06. The van der Waals surface area contributed by atoms with Gasteiger partial charge >= 0.3 is 6.09 Å². The zero-order chi connectivity index (χ0) is 19.9. The molecule has 1 heterocycles. The van der Waals surface area contributed by atoms with Crippen LogP contribution in [-0.2, 0) is 9.53 Å². The lowest BCUT2D eigenvalue weighted by Gasteiger charge is -2.33. The van der Waals surface area contributed by atoms with Crippen LogP contribution < -0.4 is 10.6 Å². The van der Waals surface area contributed by atoms with Crippen LogP contribution in [0.5, 0.6) is 0 Å². The molecular formula is C19H36IN5O3. The molecule has 0 unspecified atom stereocenters. The molecule has 2 fully saturated rings. The van der Waals surface area contributed by atoms with Crippen molar-refractivity contribution in [2.24, 2.45) is 10.4 Å². The first kappa shape index (κ1) is 24.8. The van der Waals surface area contributed by atoms with Gasteiger partial charge in [0, 0.05) is 39.8 Å². The van der Waals surface area contributed by atoms with E-state index in [2.05, 4.69) is 10.6 Å². The van der Waals surface area contributed by atoms with E-state index in [1.54, 1.807) is 9.80 Å². The number of rotatable bonds is 5. The summed E-state index contributed by atoms with van der Waals surface area (Å²) in [5, 5.41) is 6.77. The first-order valence-corrected chi connectivity index (χ1v) is 10.0. The number of amides is 2. The number of nitrogens with zero attached hydrogens (tertiary/aromatic N) is 3. The molecule has 0 aromatic rings. The van der Waals surface area contributed by atoms with Gasteiger partial charge in [0.2, 0.25) is 5.91 Å². The number of halogens is 1. The number of methoxy groups -OCH3 is 1. The molecule has 28 heavy (non-hydrogen) atoms. The van der Waals surface area contributed by atoms with E-state index in [-0.39, 0.29) is 47.4 Å². The van der Waals surface area contributed by atoms with Gasteiger partial charge in [-0.1, -0.05) is 12.8 Å². The second kappa shape index (κ2) is 11.7. The van der Waals surface area contributed by atoms with Gasteiger partial charge in [0.05, 0.1) is 19.1 Å². The molecule has 1 aliphatic heterocycles. The highest BCUT2D eigenvalue weighted by Crippen LogP contribution is 2.39. The Bertz CT molecular complexity index is 542. The molecular weight excluding hydrogens is 473 g/mol. The summed E-state index contributed by atoms with van der Waals surface area (Å²) in [5.41, 5.74) is -0.361. The summed E-state index contributed by atoms with van der Waals surface area (Å²) in [6, 6.07) is 0.257. The predicted octanol–water partition coefficient (Wildman–Crippen LogP) is 2.04. The van der Waals surface area contributed by atoms with E-state index in [0.717, 1.165) is 51.0 Å². The standard InChI is InChI=1S/C19H35N5O3.HI/c1-5-20-17(22-15-8-12-24(13-9-15)18(26)27-4)21-14-19(10-6-7-11-19)16(25)23(2)3;/h15H,5-14H2,1-4H3,(H2,20,21,22);1H. The van der Waals surface area contributed by atoms with Crippen molar-refractivity contribution in [1.29, 1.82) is 0 Å². The third kappa shape index (κ3) is 6.38. The molecule has 2 amide bonds. The van der Waals surface area contributed by atoms with Crippen LogP contribution in [0.15, 0.2) is 4.99 Å². The van der Waals surface area contributed by atoms with Crippen LogP contribution in [-0.4, -0.2) is 81.2 Å². The lowest BCUT2D eigenvalue weighted by molar-refractivity contribution is -0.138. The van der Waals surface area contributed by atoms with Crippen molar-refractivity contribution >= 4 is 41.9 Å². The minimum absolute atomic E-state index is 0. The average Bonchev–Trinajstić information content (AvgIpc) is 3.15. The van der Waals surface area contributed by atoms with Crippen LogP contribution in [0, 0.1) is 5.41 Å². The number of aliphatic imine (C=N–C) groups is 1. The van der Waals surface area contributed by atoms with Gasteiger partial charge in [0.1, 0.15) is 0 Å². The van der Waals surface area contributed by atoms with Gasteiger partial charge < -0.3 is 25.2 Å². The summed E-state index contributed by atoms with van der Waals surface area (Å²) >= 11 is 0. The maximum absolute atomic E-state index is 12.7. The van der Waals surface area contributed by atoms with Gasteiger partial charge in [-0.05, 0) is 32.6 Å². The number of hydrogen-bond donors (Lipinski definition) is 2. The predicted molar refractivity (Wildman–Crippen MR) is 121 cm³/mol. The normalized spacial score (nSPS) is 19.6. The molecule has 0 bridgehead atoms. The number of carbonyl (C=O) groups is 2. The van der Waals surface area contributed by atoms with Crippen LogP contribution in [0.1, 0.15) is 45.4 Å². The molecule has 2 rings (SSSR count). The Balaban J connectivity index is 0.00000392. The van der Waals surface area contributed by atoms with Gasteiger partial charge in [0.15, 0.2) is 5.96 Å². The summed E-state index contributed by atoms with van der Waals surface area (Å²) < 4.78 is 4.79. The molecule has 1 aliphatic carbocycles. The lowest BCUT2D eigenvalue weighted by Crippen LogP contribution is -2.50. The van der Waals surface area contributed by atoms with Crippen LogP contribution in [0.3, 0.4) is 0 Å². The molecule has 2 N–H and O–H groups in total. The molecule has 0 aromatic carbocycles. The number of carbonyl (C=O) groups excluding carboxylic acids is 2. The highest BCUT2D eigenvalue weighted by molar-refractivity contribution is 14.0. The van der Waals surface area contributed by atoms with Crippen molar-refractivity contribution in [2.45, 2.75) is 51.5 Å². The summed E-state index contributed by atoms with van der Waals surface area (Å²) in [5.74, 6) is 0.942. The van der Waals surface area contributed by atoms with Crippen LogP contribution in [0.4, 0.5) is 4.79 Å². The van der Waals surface area contributed by atoms with Gasteiger partial charge in [0.25, 0.3) is 0 Å². The van der Waals surface area contributed by atoms with E-state index in [9.17, 15) is 9.59 Å². The Morgan fingerprint density at radius 3 is 2.32 bits per heavy atom. The molecule has 0 spiro atoms. The Morgan fingerprint density at radius 1 is 1.21 bits per heavy atom. The number of piperidine rings is 1. The number of hydrogen-bond acceptors (Lipinski definition) is 4. The van der Waals surface area contributed by atoms with Gasteiger partial charge in [-0.3, -0.25) is 9.79 Å². The van der Waals surface area contributed by atoms with E-state index in [4.69, 9.17) is 9.73 Å². The van der Waals surface area contributed by atoms with Crippen molar-refractivity contribution < 1.29 is 14.3 Å². The highest BCUT2D eigenvalue weighted by atomic mass is 127. The number of ether oxygens (including phenoxy) is 1. The van der Waals surface area contributed by atoms with E-state index >= 15 is 0 Å². The molecule has 0 aromatic heterocycles. The topological polar surface area (TPSA) is 86.3 Å². The average molecular weight is 509 g/mol. The van der Waals surface area contributed by atoms with E-state index < -0.39 is 0 Å². The first-order valence-electron chi connectivity index (χ1n) is 10.0. The highest BCUT2D eigenvalue weighted by Gasteiger charge is 2.42. The van der Waals surface area contributed by atoms with Crippen LogP contribution in [0.25, 0.3) is 0 Å². The maximum atomic E-state index is 12.7. The van der Waals surface area contributed by atoms with E-state index in [1.165, 1.54) is 7.11 Å². The third-order valence-electron chi connectivity index (χ3n) is 5.57. The molecule has 8 nitrogen and oxygen atoms in total. The second-order valence-corrected chi connectivity index (χ2v) is 7.76. The van der Waals surface area contributed by atoms with Crippen molar-refractivity contribution in [1.82, 2.24) is 20.4 Å². The largest absolute Gasteiger partial charge is 0.453 e. The fourth-order valence-corrected chi connectivity index (χ4v) is 4.04. The van der Waals surface area contributed by atoms with Gasteiger partial charge in [-0.15, -0.1) is 24.0 Å². The molecule has 0 atom stereocenters. The fourth-order valence-electron chi connectivity index (χ4n) is 4.04. The fraction of sp³-hybridized carbons (Fsp3) is 0.842. The second-order valence-electron chi connectivity index (χ2n) is 7.76. The Morgan fingerprint density at radius 2 is 1.82 bits per heavy atom. The van der Waals surface area contributed by atoms with Gasteiger partial charge in [-0.25, -0.2) is 4.79 Å². The third-order valence-corrected chi connectivity index (χ3v) is 5.57. The summed E-state index contributed by atoms with van der Waals surface area (Å²) in [6.07, 6.45) is 5.42. The quantitative estimate of drug-likeness (QED) is 0.337. The van der Waals surface area contributed by atoms with Crippen molar-refractivity contribution in [3.8, 4) is 0 Å². The monoisotopic (exact) mass is 509 g/mol. The summed E-state index contributed by atoms with van der Waals surface area (Å²) in [6.45, 7) is 4.66. The molecule has 9 heteroatoms. The van der Waals surface area contributed by atoms with E-state index in [1.807, 2.05) is 21.0 Å². The lowest BCUT2D eigenvalue weighted by atomic mass is 9.85. The molecule has 1 saturated heterocycles. The molecule has 1 saturated carbocycles. The van der Waals surface area contributed by atoms with Crippen molar-refractivity contribution in [3.63, 3.8) is 0 Å². The SMILES string of the molecule is CCNC(=NCC1(C(=O)N(C)C)CCCC1)NC1CCN(C(=O)OC)CC1.I.